The van der Waals surface area contributed by atoms with E-state index in [1.165, 1.54) is 6.20 Å². The number of aromatic nitrogens is 1. The molecule has 1 saturated heterocycles. The van der Waals surface area contributed by atoms with Crippen LogP contribution in [0.4, 0.5) is 4.39 Å². The van der Waals surface area contributed by atoms with Crippen LogP contribution in [-0.4, -0.2) is 24.7 Å². The Balaban J connectivity index is 2.22. The molecule has 2 unspecified atom stereocenters. The van der Waals surface area contributed by atoms with Crippen LogP contribution in [0.25, 0.3) is 0 Å². The molecule has 1 N–H and O–H groups in total. The van der Waals surface area contributed by atoms with Crippen LogP contribution in [0.5, 0.6) is 0 Å². The molecule has 2 atom stereocenters. The van der Waals surface area contributed by atoms with Crippen LogP contribution in [0, 0.1) is 5.82 Å². The van der Waals surface area contributed by atoms with Gasteiger partial charge in [0.05, 0.1) is 18.3 Å². The largest absolute Gasteiger partial charge is 0.376 e. The summed E-state index contributed by atoms with van der Waals surface area (Å²) in [5.41, 5.74) is 0.638. The molecule has 0 aliphatic carbocycles. The molecular formula is C11H15FN2O. The maximum absolute atomic E-state index is 13.5. The van der Waals surface area contributed by atoms with Crippen molar-refractivity contribution in [3.63, 3.8) is 0 Å². The van der Waals surface area contributed by atoms with E-state index in [-0.39, 0.29) is 18.0 Å². The van der Waals surface area contributed by atoms with Crippen LogP contribution in [0.2, 0.25) is 0 Å². The maximum Gasteiger partial charge on any atom is 0.146 e. The normalized spacial score (nSPS) is 22.9. The Morgan fingerprint density at radius 1 is 1.67 bits per heavy atom. The number of halogens is 1. The molecule has 15 heavy (non-hydrogen) atoms. The highest BCUT2D eigenvalue weighted by molar-refractivity contribution is 5.19. The highest BCUT2D eigenvalue weighted by Gasteiger charge is 2.27. The Labute approximate surface area is 88.7 Å². The molecule has 0 radical (unpaired) electrons. The Kier molecular flexibility index (Phi) is 3.28. The van der Waals surface area contributed by atoms with Crippen molar-refractivity contribution >= 4 is 0 Å². The highest BCUT2D eigenvalue weighted by atomic mass is 19.1. The lowest BCUT2D eigenvalue weighted by atomic mass is 10.0. The molecule has 1 aromatic rings. The van der Waals surface area contributed by atoms with Crippen molar-refractivity contribution in [2.75, 3.05) is 13.7 Å². The van der Waals surface area contributed by atoms with Gasteiger partial charge in [0.2, 0.25) is 0 Å². The van der Waals surface area contributed by atoms with Crippen molar-refractivity contribution in [3.05, 3.63) is 29.8 Å². The third-order valence-corrected chi connectivity index (χ3v) is 2.79. The summed E-state index contributed by atoms with van der Waals surface area (Å²) in [5, 5.41) is 3.11. The molecule has 1 fully saturated rings. The van der Waals surface area contributed by atoms with Crippen LogP contribution >= 0.6 is 0 Å². The highest BCUT2D eigenvalue weighted by Crippen LogP contribution is 2.27. The fourth-order valence-corrected chi connectivity index (χ4v) is 2.05. The molecule has 4 heteroatoms. The minimum atomic E-state index is -0.271. The Hall–Kier alpha value is -1.00. The zero-order valence-electron chi connectivity index (χ0n) is 8.74. The van der Waals surface area contributed by atoms with Crippen molar-refractivity contribution in [3.8, 4) is 0 Å². The first-order chi connectivity index (χ1) is 7.33. The summed E-state index contributed by atoms with van der Waals surface area (Å²) < 4.78 is 19.1. The predicted octanol–water partition coefficient (Wildman–Crippen LogP) is 1.66. The van der Waals surface area contributed by atoms with Crippen LogP contribution < -0.4 is 5.32 Å². The number of pyridine rings is 1. The van der Waals surface area contributed by atoms with Crippen molar-refractivity contribution in [2.24, 2.45) is 0 Å². The van der Waals surface area contributed by atoms with Crippen molar-refractivity contribution < 1.29 is 9.13 Å². The lowest BCUT2D eigenvalue weighted by Crippen LogP contribution is -2.29. The third-order valence-electron chi connectivity index (χ3n) is 2.79. The van der Waals surface area contributed by atoms with E-state index >= 15 is 0 Å². The lowest BCUT2D eigenvalue weighted by molar-refractivity contribution is 0.0796. The van der Waals surface area contributed by atoms with E-state index in [0.717, 1.165) is 19.4 Å². The molecule has 0 aromatic carbocycles. The van der Waals surface area contributed by atoms with Crippen molar-refractivity contribution in [2.45, 2.75) is 25.0 Å². The summed E-state index contributed by atoms with van der Waals surface area (Å²) in [6.45, 7) is 0.773. The molecule has 82 valence electrons. The number of nitrogens with zero attached hydrogens (tertiary/aromatic N) is 1. The van der Waals surface area contributed by atoms with E-state index in [2.05, 4.69) is 10.3 Å². The summed E-state index contributed by atoms with van der Waals surface area (Å²) in [5.74, 6) is -0.271. The van der Waals surface area contributed by atoms with Crippen LogP contribution in [0.3, 0.4) is 0 Å². The van der Waals surface area contributed by atoms with Gasteiger partial charge in [-0.3, -0.25) is 4.98 Å². The first kappa shape index (κ1) is 10.5. The zero-order valence-corrected chi connectivity index (χ0v) is 8.74. The fourth-order valence-electron chi connectivity index (χ4n) is 2.05. The van der Waals surface area contributed by atoms with Crippen LogP contribution in [0.15, 0.2) is 18.5 Å². The van der Waals surface area contributed by atoms with Gasteiger partial charge in [-0.15, -0.1) is 0 Å². The Morgan fingerprint density at radius 2 is 2.53 bits per heavy atom. The monoisotopic (exact) mass is 210 g/mol. The summed E-state index contributed by atoms with van der Waals surface area (Å²) in [7, 11) is 1.83. The molecule has 0 amide bonds. The standard InChI is InChI=1S/C11H15FN2O/c1-13-11(10-3-2-6-15-10)8-4-5-14-7-9(8)12/h4-5,7,10-11,13H,2-3,6H2,1H3. The first-order valence-corrected chi connectivity index (χ1v) is 5.21. The van der Waals surface area contributed by atoms with E-state index in [4.69, 9.17) is 4.74 Å². The molecule has 1 aliphatic heterocycles. The average molecular weight is 210 g/mol. The second-order valence-corrected chi connectivity index (χ2v) is 3.72. The minimum Gasteiger partial charge on any atom is -0.376 e. The van der Waals surface area contributed by atoms with Gasteiger partial charge in [-0.25, -0.2) is 4.39 Å². The summed E-state index contributed by atoms with van der Waals surface area (Å²) in [6, 6.07) is 1.63. The van der Waals surface area contributed by atoms with Crippen molar-refractivity contribution in [1.82, 2.24) is 10.3 Å². The van der Waals surface area contributed by atoms with Gasteiger partial charge < -0.3 is 10.1 Å². The van der Waals surface area contributed by atoms with Gasteiger partial charge in [-0.2, -0.15) is 0 Å². The Bertz CT molecular complexity index is 326. The zero-order chi connectivity index (χ0) is 10.7. The molecule has 1 aliphatic rings. The third kappa shape index (κ3) is 2.16. The number of likely N-dealkylation sites (N-methyl/N-ethyl adjacent to an activating group) is 1. The number of hydrogen-bond acceptors (Lipinski definition) is 3. The molecular weight excluding hydrogens is 195 g/mol. The molecule has 0 saturated carbocycles. The number of nitrogens with one attached hydrogen (secondary N) is 1. The summed E-state index contributed by atoms with van der Waals surface area (Å²) >= 11 is 0. The summed E-state index contributed by atoms with van der Waals surface area (Å²) in [4.78, 5) is 3.74. The van der Waals surface area contributed by atoms with Gasteiger partial charge in [0.1, 0.15) is 5.82 Å². The van der Waals surface area contributed by atoms with Gasteiger partial charge in [0.15, 0.2) is 0 Å². The van der Waals surface area contributed by atoms with Crippen LogP contribution in [0.1, 0.15) is 24.4 Å². The SMILES string of the molecule is CNC(c1ccncc1F)C1CCCO1. The van der Waals surface area contributed by atoms with E-state index in [9.17, 15) is 4.39 Å². The molecule has 2 rings (SSSR count). The Morgan fingerprint density at radius 3 is 3.13 bits per heavy atom. The predicted molar refractivity (Wildman–Crippen MR) is 55.0 cm³/mol. The average Bonchev–Trinajstić information content (AvgIpc) is 2.75. The van der Waals surface area contributed by atoms with E-state index in [0.29, 0.717) is 5.56 Å². The van der Waals surface area contributed by atoms with Crippen LogP contribution in [-0.2, 0) is 4.74 Å². The van der Waals surface area contributed by atoms with E-state index < -0.39 is 0 Å². The van der Waals surface area contributed by atoms with E-state index in [1.807, 2.05) is 7.05 Å². The second-order valence-electron chi connectivity index (χ2n) is 3.72. The minimum absolute atomic E-state index is 0.0736. The first-order valence-electron chi connectivity index (χ1n) is 5.21. The quantitative estimate of drug-likeness (QED) is 0.823. The number of ether oxygens (including phenoxy) is 1. The second kappa shape index (κ2) is 4.68. The topological polar surface area (TPSA) is 34.2 Å². The lowest BCUT2D eigenvalue weighted by Gasteiger charge is -2.22. The van der Waals surface area contributed by atoms with Gasteiger partial charge in [0, 0.05) is 18.4 Å². The molecule has 1 aromatic heterocycles. The molecule has 0 bridgehead atoms. The molecule has 3 nitrogen and oxygen atoms in total. The number of rotatable bonds is 3. The van der Waals surface area contributed by atoms with Gasteiger partial charge in [0.25, 0.3) is 0 Å². The molecule has 2 heterocycles. The summed E-state index contributed by atoms with van der Waals surface area (Å²) in [6.07, 6.45) is 4.96. The number of hydrogen-bond donors (Lipinski definition) is 1. The molecule has 0 spiro atoms. The van der Waals surface area contributed by atoms with Gasteiger partial charge in [-0.1, -0.05) is 0 Å². The smallest absolute Gasteiger partial charge is 0.146 e. The van der Waals surface area contributed by atoms with Gasteiger partial charge in [-0.05, 0) is 26.0 Å². The van der Waals surface area contributed by atoms with E-state index in [1.54, 1.807) is 12.3 Å². The fraction of sp³-hybridized carbons (Fsp3) is 0.545. The van der Waals surface area contributed by atoms with Crippen molar-refractivity contribution in [1.29, 1.82) is 0 Å². The van der Waals surface area contributed by atoms with Gasteiger partial charge >= 0.3 is 0 Å². The maximum atomic E-state index is 13.5.